The highest BCUT2D eigenvalue weighted by atomic mass is 32.2. The number of amides is 1. The van der Waals surface area contributed by atoms with Crippen molar-refractivity contribution in [3.8, 4) is 5.75 Å². The van der Waals surface area contributed by atoms with Gasteiger partial charge in [0.1, 0.15) is 5.75 Å². The third-order valence-corrected chi connectivity index (χ3v) is 5.58. The highest BCUT2D eigenvalue weighted by molar-refractivity contribution is 8.02. The van der Waals surface area contributed by atoms with Gasteiger partial charge in [0.05, 0.1) is 22.1 Å². The summed E-state index contributed by atoms with van der Waals surface area (Å²) in [7, 11) is 0. The summed E-state index contributed by atoms with van der Waals surface area (Å²) < 4.78 is 7.44. The van der Waals surface area contributed by atoms with E-state index in [1.54, 1.807) is 11.3 Å². The Morgan fingerprint density at radius 2 is 2.00 bits per heavy atom. The molecule has 3 aromatic rings. The summed E-state index contributed by atoms with van der Waals surface area (Å²) in [4.78, 5) is 16.9. The van der Waals surface area contributed by atoms with E-state index in [9.17, 15) is 4.79 Å². The van der Waals surface area contributed by atoms with Crippen molar-refractivity contribution in [1.29, 1.82) is 0 Å². The van der Waals surface area contributed by atoms with Gasteiger partial charge in [-0.2, -0.15) is 0 Å². The fourth-order valence-corrected chi connectivity index (χ4v) is 4.36. The maximum absolute atomic E-state index is 12.4. The van der Waals surface area contributed by atoms with Crippen LogP contribution in [0.1, 0.15) is 13.8 Å². The zero-order valence-electron chi connectivity index (χ0n) is 13.5. The molecule has 24 heavy (non-hydrogen) atoms. The van der Waals surface area contributed by atoms with Crippen LogP contribution in [0.25, 0.3) is 10.2 Å². The van der Waals surface area contributed by atoms with Gasteiger partial charge in [-0.25, -0.2) is 4.98 Å². The third-order valence-electron chi connectivity index (χ3n) is 3.35. The van der Waals surface area contributed by atoms with Crippen LogP contribution in [0.3, 0.4) is 0 Å². The molecule has 0 fully saturated rings. The summed E-state index contributed by atoms with van der Waals surface area (Å²) in [5.41, 5.74) is 1.74. The number of fused-ring (bicyclic) bond motifs is 1. The lowest BCUT2D eigenvalue weighted by atomic mass is 10.3. The maximum Gasteiger partial charge on any atom is 0.237 e. The molecule has 0 saturated carbocycles. The number of para-hydroxylation sites is 1. The second kappa shape index (κ2) is 7.68. The Labute approximate surface area is 149 Å². The van der Waals surface area contributed by atoms with E-state index in [1.165, 1.54) is 11.8 Å². The van der Waals surface area contributed by atoms with E-state index in [0.717, 1.165) is 26.0 Å². The Hall–Kier alpha value is -2.05. The molecule has 1 heterocycles. The highest BCUT2D eigenvalue weighted by Crippen LogP contribution is 2.32. The summed E-state index contributed by atoms with van der Waals surface area (Å²) in [5, 5.41) is 2.70. The average Bonchev–Trinajstić information content (AvgIpc) is 2.99. The van der Waals surface area contributed by atoms with E-state index in [0.29, 0.717) is 6.61 Å². The van der Waals surface area contributed by atoms with Gasteiger partial charge in [0.15, 0.2) is 4.34 Å². The van der Waals surface area contributed by atoms with E-state index < -0.39 is 0 Å². The van der Waals surface area contributed by atoms with Gasteiger partial charge < -0.3 is 10.1 Å². The summed E-state index contributed by atoms with van der Waals surface area (Å²) >= 11 is 3.09. The quantitative estimate of drug-likeness (QED) is 0.642. The zero-order valence-corrected chi connectivity index (χ0v) is 15.1. The molecule has 3 rings (SSSR count). The first-order valence-electron chi connectivity index (χ1n) is 7.71. The van der Waals surface area contributed by atoms with Crippen molar-refractivity contribution in [2.75, 3.05) is 11.9 Å². The Morgan fingerprint density at radius 1 is 1.25 bits per heavy atom. The van der Waals surface area contributed by atoms with Crippen molar-refractivity contribution in [3.05, 3.63) is 48.5 Å². The standard InChI is InChI=1S/C18H18N2O2S2/c1-3-22-14-10-8-13(9-11-14)19-17(21)12(2)23-18-20-15-6-4-5-7-16(15)24-18/h4-12H,3H2,1-2H3,(H,19,21)/t12-/m0/s1. The number of nitrogens with zero attached hydrogens (tertiary/aromatic N) is 1. The van der Waals surface area contributed by atoms with Crippen LogP contribution in [0.2, 0.25) is 0 Å². The Bertz CT molecular complexity index is 797. The molecule has 0 bridgehead atoms. The molecular weight excluding hydrogens is 340 g/mol. The molecule has 1 amide bonds. The number of rotatable bonds is 6. The van der Waals surface area contributed by atoms with Crippen LogP contribution < -0.4 is 10.1 Å². The molecule has 1 N–H and O–H groups in total. The Kier molecular flexibility index (Phi) is 5.37. The maximum atomic E-state index is 12.4. The molecule has 0 aliphatic rings. The van der Waals surface area contributed by atoms with Crippen LogP contribution in [0.15, 0.2) is 52.9 Å². The van der Waals surface area contributed by atoms with Gasteiger partial charge in [-0.3, -0.25) is 4.79 Å². The van der Waals surface area contributed by atoms with E-state index >= 15 is 0 Å². The van der Waals surface area contributed by atoms with Crippen molar-refractivity contribution < 1.29 is 9.53 Å². The second-order valence-corrected chi connectivity index (χ2v) is 7.77. The van der Waals surface area contributed by atoms with Crippen LogP contribution in [0.5, 0.6) is 5.75 Å². The number of anilines is 1. The second-order valence-electron chi connectivity index (χ2n) is 5.15. The lowest BCUT2D eigenvalue weighted by molar-refractivity contribution is -0.115. The number of carbonyl (C=O) groups is 1. The first kappa shape index (κ1) is 16.8. The Balaban J connectivity index is 1.61. The number of thioether (sulfide) groups is 1. The largest absolute Gasteiger partial charge is 0.494 e. The van der Waals surface area contributed by atoms with E-state index in [1.807, 2.05) is 62.4 Å². The van der Waals surface area contributed by atoms with Crippen molar-refractivity contribution in [3.63, 3.8) is 0 Å². The molecule has 2 aromatic carbocycles. The molecule has 1 atom stereocenters. The SMILES string of the molecule is CCOc1ccc(NC(=O)[C@H](C)Sc2nc3ccccc3s2)cc1. The molecule has 0 unspecified atom stereocenters. The van der Waals surface area contributed by atoms with Crippen molar-refractivity contribution in [1.82, 2.24) is 4.98 Å². The van der Waals surface area contributed by atoms with Crippen molar-refractivity contribution in [2.45, 2.75) is 23.4 Å². The molecule has 0 saturated heterocycles. The van der Waals surface area contributed by atoms with Gasteiger partial charge in [-0.1, -0.05) is 23.9 Å². The first-order chi connectivity index (χ1) is 11.7. The summed E-state index contributed by atoms with van der Waals surface area (Å²) in [6, 6.07) is 15.4. The monoisotopic (exact) mass is 358 g/mol. The summed E-state index contributed by atoms with van der Waals surface area (Å²) in [6.45, 7) is 4.46. The van der Waals surface area contributed by atoms with Crippen molar-refractivity contribution in [2.24, 2.45) is 0 Å². The molecule has 1 aromatic heterocycles. The zero-order chi connectivity index (χ0) is 16.9. The fourth-order valence-electron chi connectivity index (χ4n) is 2.15. The van der Waals surface area contributed by atoms with Gasteiger partial charge in [0, 0.05) is 5.69 Å². The van der Waals surface area contributed by atoms with E-state index in [-0.39, 0.29) is 11.2 Å². The fraction of sp³-hybridized carbons (Fsp3) is 0.222. The van der Waals surface area contributed by atoms with Gasteiger partial charge in [-0.15, -0.1) is 11.3 Å². The predicted molar refractivity (Wildman–Crippen MR) is 101 cm³/mol. The number of aromatic nitrogens is 1. The van der Waals surface area contributed by atoms with Crippen LogP contribution in [-0.4, -0.2) is 22.7 Å². The minimum Gasteiger partial charge on any atom is -0.494 e. The van der Waals surface area contributed by atoms with Gasteiger partial charge >= 0.3 is 0 Å². The number of ether oxygens (including phenoxy) is 1. The van der Waals surface area contributed by atoms with Crippen LogP contribution in [-0.2, 0) is 4.79 Å². The highest BCUT2D eigenvalue weighted by Gasteiger charge is 2.17. The van der Waals surface area contributed by atoms with E-state index in [4.69, 9.17) is 4.74 Å². The smallest absolute Gasteiger partial charge is 0.237 e. The van der Waals surface area contributed by atoms with Crippen LogP contribution >= 0.6 is 23.1 Å². The van der Waals surface area contributed by atoms with Crippen LogP contribution in [0, 0.1) is 0 Å². The van der Waals surface area contributed by atoms with Gasteiger partial charge in [0.2, 0.25) is 5.91 Å². The lowest BCUT2D eigenvalue weighted by Gasteiger charge is -2.11. The number of carbonyl (C=O) groups excluding carboxylic acids is 1. The number of thiazole rings is 1. The Morgan fingerprint density at radius 3 is 2.71 bits per heavy atom. The molecule has 0 spiro atoms. The molecule has 0 aliphatic carbocycles. The first-order valence-corrected chi connectivity index (χ1v) is 9.41. The number of nitrogens with one attached hydrogen (secondary N) is 1. The van der Waals surface area contributed by atoms with Gasteiger partial charge in [0.25, 0.3) is 0 Å². The lowest BCUT2D eigenvalue weighted by Crippen LogP contribution is -2.22. The molecule has 4 nitrogen and oxygen atoms in total. The summed E-state index contributed by atoms with van der Waals surface area (Å²) in [6.07, 6.45) is 0. The molecule has 0 aliphatic heterocycles. The van der Waals surface area contributed by atoms with Crippen LogP contribution in [0.4, 0.5) is 5.69 Å². The number of hydrogen-bond donors (Lipinski definition) is 1. The molecule has 124 valence electrons. The van der Waals surface area contributed by atoms with E-state index in [2.05, 4.69) is 10.3 Å². The number of benzene rings is 2. The van der Waals surface area contributed by atoms with Crippen molar-refractivity contribution >= 4 is 44.9 Å². The average molecular weight is 358 g/mol. The van der Waals surface area contributed by atoms with Gasteiger partial charge in [-0.05, 0) is 50.2 Å². The topological polar surface area (TPSA) is 51.2 Å². The minimum absolute atomic E-state index is 0.0385. The molecular formula is C18H18N2O2S2. The third kappa shape index (κ3) is 4.07. The minimum atomic E-state index is -0.225. The predicted octanol–water partition coefficient (Wildman–Crippen LogP) is 4.81. The summed E-state index contributed by atoms with van der Waals surface area (Å²) in [5.74, 6) is 0.760. The molecule has 0 radical (unpaired) electrons. The molecule has 6 heteroatoms. The normalized spacial score (nSPS) is 12.1. The number of hydrogen-bond acceptors (Lipinski definition) is 5.